The van der Waals surface area contributed by atoms with E-state index in [1.807, 2.05) is 18.2 Å². The number of anilines is 1. The molecule has 31 heavy (non-hydrogen) atoms. The number of hydrogen-bond acceptors (Lipinski definition) is 5. The number of hydrogen-bond donors (Lipinski definition) is 0. The van der Waals surface area contributed by atoms with Crippen LogP contribution >= 0.6 is 0 Å². The molecule has 2 aliphatic heterocycles. The highest BCUT2D eigenvalue weighted by Crippen LogP contribution is 2.30. The normalized spacial score (nSPS) is 17.1. The second-order valence-electron chi connectivity index (χ2n) is 8.13. The van der Waals surface area contributed by atoms with Gasteiger partial charge in [0.25, 0.3) is 0 Å². The van der Waals surface area contributed by atoms with Crippen molar-refractivity contribution in [3.63, 3.8) is 0 Å². The van der Waals surface area contributed by atoms with Crippen molar-refractivity contribution in [2.24, 2.45) is 0 Å². The summed E-state index contributed by atoms with van der Waals surface area (Å²) in [5.74, 6) is -0.399. The van der Waals surface area contributed by atoms with E-state index in [-0.39, 0.29) is 35.3 Å². The third-order valence-corrected chi connectivity index (χ3v) is 7.76. The molecule has 0 aliphatic carbocycles. The first kappa shape index (κ1) is 21.5. The Kier molecular flexibility index (Phi) is 6.11. The van der Waals surface area contributed by atoms with Gasteiger partial charge in [0, 0.05) is 51.9 Å². The summed E-state index contributed by atoms with van der Waals surface area (Å²) in [5, 5.41) is 0. The van der Waals surface area contributed by atoms with E-state index in [0.29, 0.717) is 13.1 Å². The van der Waals surface area contributed by atoms with Gasteiger partial charge in [-0.1, -0.05) is 30.3 Å². The number of sulfone groups is 1. The molecule has 1 saturated heterocycles. The van der Waals surface area contributed by atoms with Crippen LogP contribution in [0.3, 0.4) is 0 Å². The van der Waals surface area contributed by atoms with Gasteiger partial charge in [-0.05, 0) is 29.3 Å². The van der Waals surface area contributed by atoms with Crippen LogP contribution in [0.25, 0.3) is 0 Å². The average Bonchev–Trinajstić information content (AvgIpc) is 3.06. The van der Waals surface area contributed by atoms with Crippen molar-refractivity contribution in [2.75, 3.05) is 43.9 Å². The Morgan fingerprint density at radius 3 is 2.42 bits per heavy atom. The molecule has 8 heteroatoms. The molecular formula is C23H27N3O4S. The van der Waals surface area contributed by atoms with Gasteiger partial charge < -0.3 is 9.80 Å². The summed E-state index contributed by atoms with van der Waals surface area (Å²) in [5.41, 5.74) is 2.71. The molecule has 0 saturated carbocycles. The predicted molar refractivity (Wildman–Crippen MR) is 119 cm³/mol. The van der Waals surface area contributed by atoms with Gasteiger partial charge >= 0.3 is 0 Å². The number of rotatable bonds is 6. The van der Waals surface area contributed by atoms with Crippen molar-refractivity contribution >= 4 is 27.3 Å². The zero-order chi connectivity index (χ0) is 22.0. The maximum atomic E-state index is 12.8. The summed E-state index contributed by atoms with van der Waals surface area (Å²) < 4.78 is 25.5. The second-order valence-corrected chi connectivity index (χ2v) is 10.2. The van der Waals surface area contributed by atoms with Gasteiger partial charge in [0.15, 0.2) is 9.84 Å². The number of carbonyl (C=O) groups is 2. The van der Waals surface area contributed by atoms with Crippen LogP contribution in [0.15, 0.2) is 53.4 Å². The van der Waals surface area contributed by atoms with E-state index in [2.05, 4.69) is 17.0 Å². The lowest BCUT2D eigenvalue weighted by atomic mass is 10.2. The smallest absolute Gasteiger partial charge is 0.231 e. The van der Waals surface area contributed by atoms with Crippen molar-refractivity contribution in [3.05, 3.63) is 59.7 Å². The lowest BCUT2D eigenvalue weighted by molar-refractivity contribution is -0.132. The standard InChI is InChI=1S/C23H27N3O4S/c1-24-21-8-7-20(15-19(21)16-23(24)28)31(29,30)14-9-22(27)26-12-10-25(11-13-26)17-18-5-3-2-4-6-18/h2-8,15H,9-14,16-17H2,1H3. The second kappa shape index (κ2) is 8.80. The fraction of sp³-hybridized carbons (Fsp3) is 0.391. The third kappa shape index (κ3) is 4.80. The minimum absolute atomic E-state index is 0.0308. The summed E-state index contributed by atoms with van der Waals surface area (Å²) in [6.07, 6.45) is 0.179. The molecule has 2 amide bonds. The molecule has 164 valence electrons. The van der Waals surface area contributed by atoms with Crippen molar-refractivity contribution in [1.82, 2.24) is 9.80 Å². The fourth-order valence-electron chi connectivity index (χ4n) is 4.13. The van der Waals surface area contributed by atoms with Gasteiger partial charge in [-0.2, -0.15) is 0 Å². The van der Waals surface area contributed by atoms with Gasteiger partial charge in [-0.25, -0.2) is 8.42 Å². The van der Waals surface area contributed by atoms with E-state index < -0.39 is 9.84 Å². The Hall–Kier alpha value is -2.71. The van der Waals surface area contributed by atoms with Crippen molar-refractivity contribution in [2.45, 2.75) is 24.3 Å². The van der Waals surface area contributed by atoms with Gasteiger partial charge in [-0.3, -0.25) is 14.5 Å². The van der Waals surface area contributed by atoms with Crippen LogP contribution in [0.5, 0.6) is 0 Å². The summed E-state index contributed by atoms with van der Waals surface area (Å²) in [6.45, 7) is 3.63. The highest BCUT2D eigenvalue weighted by molar-refractivity contribution is 7.91. The first-order chi connectivity index (χ1) is 14.8. The first-order valence-corrected chi connectivity index (χ1v) is 12.1. The Morgan fingerprint density at radius 1 is 1.00 bits per heavy atom. The zero-order valence-electron chi connectivity index (χ0n) is 17.7. The fourth-order valence-corrected chi connectivity index (χ4v) is 5.41. The Labute approximate surface area is 183 Å². The minimum Gasteiger partial charge on any atom is -0.340 e. The predicted octanol–water partition coefficient (Wildman–Crippen LogP) is 1.71. The van der Waals surface area contributed by atoms with E-state index in [9.17, 15) is 18.0 Å². The number of piperazine rings is 1. The third-order valence-electron chi connectivity index (χ3n) is 6.05. The molecule has 4 rings (SSSR count). The molecule has 0 unspecified atom stereocenters. The Balaban J connectivity index is 1.30. The monoisotopic (exact) mass is 441 g/mol. The van der Waals surface area contributed by atoms with Crippen LogP contribution in [0, 0.1) is 0 Å². The maximum Gasteiger partial charge on any atom is 0.231 e. The molecule has 7 nitrogen and oxygen atoms in total. The van der Waals surface area contributed by atoms with Crippen LogP contribution in [0.2, 0.25) is 0 Å². The van der Waals surface area contributed by atoms with Gasteiger partial charge in [0.05, 0.1) is 17.1 Å². The molecular weight excluding hydrogens is 414 g/mol. The van der Waals surface area contributed by atoms with Crippen molar-refractivity contribution in [3.8, 4) is 0 Å². The largest absolute Gasteiger partial charge is 0.340 e. The number of fused-ring (bicyclic) bond motifs is 1. The number of likely N-dealkylation sites (N-methyl/N-ethyl adjacent to an activating group) is 1. The lowest BCUT2D eigenvalue weighted by Gasteiger charge is -2.34. The summed E-state index contributed by atoms with van der Waals surface area (Å²) >= 11 is 0. The topological polar surface area (TPSA) is 78.0 Å². The summed E-state index contributed by atoms with van der Waals surface area (Å²) in [6, 6.07) is 15.0. The quantitative estimate of drug-likeness (QED) is 0.682. The average molecular weight is 442 g/mol. The van der Waals surface area contributed by atoms with Gasteiger partial charge in [-0.15, -0.1) is 0 Å². The van der Waals surface area contributed by atoms with Crippen LogP contribution in [-0.2, 0) is 32.4 Å². The van der Waals surface area contributed by atoms with Crippen LogP contribution in [0.4, 0.5) is 5.69 Å². The van der Waals surface area contributed by atoms with Gasteiger partial charge in [0.2, 0.25) is 11.8 Å². The molecule has 0 N–H and O–H groups in total. The molecule has 2 heterocycles. The van der Waals surface area contributed by atoms with Crippen molar-refractivity contribution in [1.29, 1.82) is 0 Å². The lowest BCUT2D eigenvalue weighted by Crippen LogP contribution is -2.48. The first-order valence-electron chi connectivity index (χ1n) is 10.5. The Bertz CT molecular complexity index is 1080. The molecule has 0 radical (unpaired) electrons. The molecule has 0 aromatic heterocycles. The molecule has 2 aromatic carbocycles. The number of carbonyl (C=O) groups excluding carboxylic acids is 2. The van der Waals surface area contributed by atoms with Crippen LogP contribution in [0.1, 0.15) is 17.5 Å². The van der Waals surface area contributed by atoms with Crippen LogP contribution in [-0.4, -0.2) is 69.0 Å². The summed E-state index contributed by atoms with van der Waals surface area (Å²) in [4.78, 5) is 30.2. The SMILES string of the molecule is CN1C(=O)Cc2cc(S(=O)(=O)CCC(=O)N3CCN(Cc4ccccc4)CC3)ccc21. The summed E-state index contributed by atoms with van der Waals surface area (Å²) in [7, 11) is -1.91. The molecule has 2 aliphatic rings. The highest BCUT2D eigenvalue weighted by Gasteiger charge is 2.27. The highest BCUT2D eigenvalue weighted by atomic mass is 32.2. The Morgan fingerprint density at radius 2 is 1.71 bits per heavy atom. The molecule has 0 bridgehead atoms. The van der Waals surface area contributed by atoms with Gasteiger partial charge in [0.1, 0.15) is 0 Å². The van der Waals surface area contributed by atoms with E-state index in [1.54, 1.807) is 24.1 Å². The number of nitrogens with zero attached hydrogens (tertiary/aromatic N) is 3. The van der Waals surface area contributed by atoms with E-state index >= 15 is 0 Å². The molecule has 0 atom stereocenters. The van der Waals surface area contributed by atoms with E-state index in [1.165, 1.54) is 16.5 Å². The maximum absolute atomic E-state index is 12.8. The number of amides is 2. The number of benzene rings is 2. The minimum atomic E-state index is -3.59. The van der Waals surface area contributed by atoms with E-state index in [0.717, 1.165) is 30.9 Å². The molecule has 0 spiro atoms. The van der Waals surface area contributed by atoms with Crippen molar-refractivity contribution < 1.29 is 18.0 Å². The molecule has 1 fully saturated rings. The van der Waals surface area contributed by atoms with E-state index in [4.69, 9.17) is 0 Å². The zero-order valence-corrected chi connectivity index (χ0v) is 18.5. The molecule has 2 aromatic rings. The van der Waals surface area contributed by atoms with Crippen LogP contribution < -0.4 is 4.90 Å².